The fraction of sp³-hybridized carbons (Fsp3) is 0.733. The van der Waals surface area contributed by atoms with Gasteiger partial charge in [-0.3, -0.25) is 4.90 Å². The van der Waals surface area contributed by atoms with E-state index >= 15 is 0 Å². The van der Waals surface area contributed by atoms with Crippen molar-refractivity contribution >= 4 is 0 Å². The first-order chi connectivity index (χ1) is 11.4. The monoisotopic (exact) mass is 317 g/mol. The number of nitrogens with one attached hydrogen (secondary N) is 1. The number of hydrogen-bond acceptors (Lipinski definition) is 6. The van der Waals surface area contributed by atoms with Crippen LogP contribution < -0.4 is 0 Å². The average molecular weight is 317 g/mol. The molecule has 0 bridgehead atoms. The van der Waals surface area contributed by atoms with Crippen LogP contribution in [-0.4, -0.2) is 54.8 Å². The number of H-pyrrole nitrogens is 1. The SMILES string of the molecule is c1c[nH]c(C2CCCN2Cc2nnnn2CC2CCOCC2)n1. The molecule has 0 saturated carbocycles. The van der Waals surface area contributed by atoms with E-state index in [0.29, 0.717) is 12.0 Å². The zero-order valence-electron chi connectivity index (χ0n) is 13.3. The molecule has 0 aliphatic carbocycles. The van der Waals surface area contributed by atoms with Crippen LogP contribution >= 0.6 is 0 Å². The van der Waals surface area contributed by atoms with Gasteiger partial charge in [-0.1, -0.05) is 0 Å². The molecular formula is C15H23N7O. The van der Waals surface area contributed by atoms with E-state index in [9.17, 15) is 0 Å². The summed E-state index contributed by atoms with van der Waals surface area (Å²) in [6, 6.07) is 0.346. The highest BCUT2D eigenvalue weighted by atomic mass is 16.5. The molecule has 2 aromatic heterocycles. The third kappa shape index (κ3) is 3.28. The van der Waals surface area contributed by atoms with E-state index in [1.54, 1.807) is 0 Å². The van der Waals surface area contributed by atoms with Crippen LogP contribution in [0.3, 0.4) is 0 Å². The van der Waals surface area contributed by atoms with Gasteiger partial charge < -0.3 is 9.72 Å². The first-order valence-corrected chi connectivity index (χ1v) is 8.46. The smallest absolute Gasteiger partial charge is 0.165 e. The van der Waals surface area contributed by atoms with Gasteiger partial charge in [-0.15, -0.1) is 5.10 Å². The van der Waals surface area contributed by atoms with E-state index in [0.717, 1.165) is 63.8 Å². The van der Waals surface area contributed by atoms with Crippen molar-refractivity contribution in [3.05, 3.63) is 24.0 Å². The van der Waals surface area contributed by atoms with Crippen LogP contribution in [0.2, 0.25) is 0 Å². The van der Waals surface area contributed by atoms with Gasteiger partial charge in [-0.25, -0.2) is 9.67 Å². The minimum Gasteiger partial charge on any atom is -0.381 e. The van der Waals surface area contributed by atoms with E-state index in [1.807, 2.05) is 17.1 Å². The van der Waals surface area contributed by atoms with Crippen LogP contribution in [0.25, 0.3) is 0 Å². The number of imidazole rings is 1. The standard InChI is InChI=1S/C15H23N7O/c1-2-13(15-16-5-6-17-15)21(7-1)11-14-18-19-20-22(14)10-12-3-8-23-9-4-12/h5-6,12-13H,1-4,7-11H2,(H,16,17). The van der Waals surface area contributed by atoms with Crippen molar-refractivity contribution in [2.75, 3.05) is 19.8 Å². The number of aromatic amines is 1. The van der Waals surface area contributed by atoms with Crippen LogP contribution in [0.15, 0.2) is 12.4 Å². The van der Waals surface area contributed by atoms with E-state index < -0.39 is 0 Å². The summed E-state index contributed by atoms with van der Waals surface area (Å²) < 4.78 is 7.41. The van der Waals surface area contributed by atoms with Crippen molar-refractivity contribution in [1.29, 1.82) is 0 Å². The predicted octanol–water partition coefficient (Wildman–Crippen LogP) is 1.16. The van der Waals surface area contributed by atoms with Crippen LogP contribution in [0.5, 0.6) is 0 Å². The Morgan fingerprint density at radius 3 is 3.00 bits per heavy atom. The fourth-order valence-electron chi connectivity index (χ4n) is 3.62. The third-order valence-electron chi connectivity index (χ3n) is 4.92. The van der Waals surface area contributed by atoms with Gasteiger partial charge in [0.15, 0.2) is 5.82 Å². The molecule has 8 heteroatoms. The Morgan fingerprint density at radius 2 is 2.17 bits per heavy atom. The zero-order chi connectivity index (χ0) is 15.5. The Bertz CT molecular complexity index is 605. The zero-order valence-corrected chi connectivity index (χ0v) is 13.3. The number of aromatic nitrogens is 6. The van der Waals surface area contributed by atoms with Gasteiger partial charge in [0.1, 0.15) is 5.82 Å². The van der Waals surface area contributed by atoms with Crippen LogP contribution in [0.1, 0.15) is 43.4 Å². The van der Waals surface area contributed by atoms with E-state index in [2.05, 4.69) is 30.4 Å². The summed E-state index contributed by atoms with van der Waals surface area (Å²) in [5.41, 5.74) is 0. The second kappa shape index (κ2) is 6.76. The number of nitrogens with zero attached hydrogens (tertiary/aromatic N) is 6. The van der Waals surface area contributed by atoms with Crippen molar-refractivity contribution in [2.24, 2.45) is 5.92 Å². The molecule has 23 heavy (non-hydrogen) atoms. The van der Waals surface area contributed by atoms with Gasteiger partial charge in [0.2, 0.25) is 0 Å². The lowest BCUT2D eigenvalue weighted by molar-refractivity contribution is 0.0593. The van der Waals surface area contributed by atoms with Gasteiger partial charge in [-0.05, 0) is 48.6 Å². The molecule has 0 aromatic carbocycles. The lowest BCUT2D eigenvalue weighted by atomic mass is 10.0. The van der Waals surface area contributed by atoms with E-state index in [4.69, 9.17) is 4.74 Å². The van der Waals surface area contributed by atoms with Crippen LogP contribution in [0.4, 0.5) is 0 Å². The number of tetrazole rings is 1. The molecule has 2 aliphatic heterocycles. The van der Waals surface area contributed by atoms with Gasteiger partial charge in [0, 0.05) is 32.2 Å². The highest BCUT2D eigenvalue weighted by Crippen LogP contribution is 2.30. The topological polar surface area (TPSA) is 84.8 Å². The van der Waals surface area contributed by atoms with E-state index in [-0.39, 0.29) is 0 Å². The number of ether oxygens (including phenoxy) is 1. The highest BCUT2D eigenvalue weighted by Gasteiger charge is 2.29. The quantitative estimate of drug-likeness (QED) is 0.891. The summed E-state index contributed by atoms with van der Waals surface area (Å²) in [5, 5.41) is 12.4. The summed E-state index contributed by atoms with van der Waals surface area (Å²) in [7, 11) is 0. The summed E-state index contributed by atoms with van der Waals surface area (Å²) in [6.45, 7) is 4.45. The normalized spacial score (nSPS) is 23.6. The molecule has 4 heterocycles. The summed E-state index contributed by atoms with van der Waals surface area (Å²) in [5.74, 6) is 2.62. The van der Waals surface area contributed by atoms with Crippen molar-refractivity contribution in [2.45, 2.75) is 44.8 Å². The molecule has 8 nitrogen and oxygen atoms in total. The van der Waals surface area contributed by atoms with Gasteiger partial charge in [-0.2, -0.15) is 0 Å². The second-order valence-corrected chi connectivity index (χ2v) is 6.44. The summed E-state index contributed by atoms with van der Waals surface area (Å²) in [4.78, 5) is 10.1. The maximum atomic E-state index is 5.43. The van der Waals surface area contributed by atoms with Gasteiger partial charge >= 0.3 is 0 Å². The predicted molar refractivity (Wildman–Crippen MR) is 82.3 cm³/mol. The summed E-state index contributed by atoms with van der Waals surface area (Å²) >= 11 is 0. The Kier molecular flexibility index (Phi) is 4.34. The Balaban J connectivity index is 1.43. The molecule has 1 unspecified atom stereocenters. The van der Waals surface area contributed by atoms with E-state index in [1.165, 1.54) is 6.42 Å². The van der Waals surface area contributed by atoms with Gasteiger partial charge in [0.05, 0.1) is 12.6 Å². The largest absolute Gasteiger partial charge is 0.381 e. The van der Waals surface area contributed by atoms with Crippen molar-refractivity contribution < 1.29 is 4.74 Å². The van der Waals surface area contributed by atoms with Crippen LogP contribution in [0, 0.1) is 5.92 Å². The molecule has 1 atom stereocenters. The molecule has 2 aromatic rings. The molecule has 124 valence electrons. The minimum absolute atomic E-state index is 0.346. The molecular weight excluding hydrogens is 294 g/mol. The molecule has 1 N–H and O–H groups in total. The minimum atomic E-state index is 0.346. The third-order valence-corrected chi connectivity index (χ3v) is 4.92. The van der Waals surface area contributed by atoms with Crippen molar-refractivity contribution in [3.8, 4) is 0 Å². The molecule has 4 rings (SSSR count). The fourth-order valence-corrected chi connectivity index (χ4v) is 3.62. The number of hydrogen-bond donors (Lipinski definition) is 1. The number of rotatable bonds is 5. The van der Waals surface area contributed by atoms with Gasteiger partial charge in [0.25, 0.3) is 0 Å². The maximum Gasteiger partial charge on any atom is 0.165 e. The first-order valence-electron chi connectivity index (χ1n) is 8.46. The summed E-state index contributed by atoms with van der Waals surface area (Å²) in [6.07, 6.45) is 8.22. The lowest BCUT2D eigenvalue weighted by Gasteiger charge is -2.24. The molecule has 2 aliphatic rings. The Labute approximate surface area is 135 Å². The Morgan fingerprint density at radius 1 is 1.26 bits per heavy atom. The number of likely N-dealkylation sites (tertiary alicyclic amines) is 1. The maximum absolute atomic E-state index is 5.43. The van der Waals surface area contributed by atoms with Crippen molar-refractivity contribution in [1.82, 2.24) is 35.1 Å². The second-order valence-electron chi connectivity index (χ2n) is 6.44. The molecule has 0 spiro atoms. The Hall–Kier alpha value is -1.80. The molecule has 2 saturated heterocycles. The molecule has 2 fully saturated rings. The first kappa shape index (κ1) is 14.8. The van der Waals surface area contributed by atoms with Crippen LogP contribution in [-0.2, 0) is 17.8 Å². The average Bonchev–Trinajstić information content (AvgIpc) is 3.31. The molecule has 0 radical (unpaired) electrons. The van der Waals surface area contributed by atoms with Crippen molar-refractivity contribution in [3.63, 3.8) is 0 Å². The highest BCUT2D eigenvalue weighted by molar-refractivity contribution is 5.00. The molecule has 0 amide bonds. The lowest BCUT2D eigenvalue weighted by Crippen LogP contribution is -2.27.